The van der Waals surface area contributed by atoms with Gasteiger partial charge in [0.05, 0.1) is 6.54 Å². The molecular formula is C12H19NO3. The van der Waals surface area contributed by atoms with Crippen molar-refractivity contribution in [3.8, 4) is 0 Å². The number of hydrogen-bond donors (Lipinski definition) is 1. The quantitative estimate of drug-likeness (QED) is 0.772. The van der Waals surface area contributed by atoms with Crippen molar-refractivity contribution in [2.45, 2.75) is 32.7 Å². The van der Waals surface area contributed by atoms with Crippen molar-refractivity contribution in [3.05, 3.63) is 23.7 Å². The zero-order valence-corrected chi connectivity index (χ0v) is 9.90. The van der Waals surface area contributed by atoms with E-state index in [1.165, 1.54) is 0 Å². The molecule has 0 fully saturated rings. The number of aliphatic carboxylic acids is 1. The Morgan fingerprint density at radius 3 is 2.69 bits per heavy atom. The fourth-order valence-corrected chi connectivity index (χ4v) is 1.54. The van der Waals surface area contributed by atoms with Gasteiger partial charge in [0.15, 0.2) is 0 Å². The molecule has 0 radical (unpaired) electrons. The van der Waals surface area contributed by atoms with Crippen LogP contribution in [0.3, 0.4) is 0 Å². The van der Waals surface area contributed by atoms with Crippen molar-refractivity contribution >= 4 is 5.97 Å². The number of nitrogens with zero attached hydrogens (tertiary/aromatic N) is 1. The van der Waals surface area contributed by atoms with Crippen LogP contribution in [0.4, 0.5) is 0 Å². The highest BCUT2D eigenvalue weighted by Crippen LogP contribution is 2.10. The van der Waals surface area contributed by atoms with E-state index in [0.29, 0.717) is 6.42 Å². The van der Waals surface area contributed by atoms with Crippen molar-refractivity contribution in [2.24, 2.45) is 0 Å². The predicted molar refractivity (Wildman–Crippen MR) is 61.3 cm³/mol. The zero-order chi connectivity index (χ0) is 12.0. The molecule has 0 aliphatic carbocycles. The molecule has 1 aromatic rings. The maximum Gasteiger partial charge on any atom is 0.303 e. The number of carboxylic acid groups (broad SMARTS) is 1. The lowest BCUT2D eigenvalue weighted by Gasteiger charge is -2.13. The van der Waals surface area contributed by atoms with Gasteiger partial charge in [-0.25, -0.2) is 0 Å². The van der Waals surface area contributed by atoms with Gasteiger partial charge in [-0.15, -0.1) is 0 Å². The molecule has 1 aromatic heterocycles. The van der Waals surface area contributed by atoms with Crippen LogP contribution in [0.25, 0.3) is 0 Å². The Kier molecular flexibility index (Phi) is 5.05. The van der Waals surface area contributed by atoms with Gasteiger partial charge in [-0.05, 0) is 32.1 Å². The normalized spacial score (nSPS) is 10.9. The van der Waals surface area contributed by atoms with E-state index >= 15 is 0 Å². The highest BCUT2D eigenvalue weighted by atomic mass is 16.4. The summed E-state index contributed by atoms with van der Waals surface area (Å²) in [7, 11) is 1.97. The van der Waals surface area contributed by atoms with Gasteiger partial charge in [0.25, 0.3) is 0 Å². The molecule has 90 valence electrons. The summed E-state index contributed by atoms with van der Waals surface area (Å²) in [6, 6.07) is 3.97. The third kappa shape index (κ3) is 4.49. The molecule has 1 N–H and O–H groups in total. The van der Waals surface area contributed by atoms with Crippen LogP contribution < -0.4 is 0 Å². The van der Waals surface area contributed by atoms with Crippen molar-refractivity contribution < 1.29 is 14.3 Å². The number of rotatable bonds is 7. The zero-order valence-electron chi connectivity index (χ0n) is 9.90. The summed E-state index contributed by atoms with van der Waals surface area (Å²) in [5.74, 6) is 1.20. The molecule has 0 saturated carbocycles. The van der Waals surface area contributed by atoms with Crippen molar-refractivity contribution in [1.29, 1.82) is 0 Å². The van der Waals surface area contributed by atoms with Crippen LogP contribution in [0.5, 0.6) is 0 Å². The Morgan fingerprint density at radius 2 is 2.12 bits per heavy atom. The lowest BCUT2D eigenvalue weighted by Crippen LogP contribution is -2.19. The molecule has 16 heavy (non-hydrogen) atoms. The van der Waals surface area contributed by atoms with Crippen LogP contribution in [-0.2, 0) is 17.8 Å². The Morgan fingerprint density at radius 1 is 1.44 bits per heavy atom. The monoisotopic (exact) mass is 225 g/mol. The average Bonchev–Trinajstić information content (AvgIpc) is 2.65. The maximum absolute atomic E-state index is 10.3. The van der Waals surface area contributed by atoms with E-state index in [0.717, 1.165) is 31.0 Å². The number of aryl methyl sites for hydroxylation is 1. The van der Waals surface area contributed by atoms with Crippen molar-refractivity contribution in [3.63, 3.8) is 0 Å². The SMILES string of the molecule is CCc1ccc(CN(C)CCCC(=O)O)o1. The van der Waals surface area contributed by atoms with Gasteiger partial charge in [0.2, 0.25) is 0 Å². The fourth-order valence-electron chi connectivity index (χ4n) is 1.54. The van der Waals surface area contributed by atoms with Crippen LogP contribution in [0, 0.1) is 0 Å². The van der Waals surface area contributed by atoms with Gasteiger partial charge in [0.1, 0.15) is 11.5 Å². The third-order valence-corrected chi connectivity index (χ3v) is 2.42. The first-order valence-electron chi connectivity index (χ1n) is 5.59. The van der Waals surface area contributed by atoms with Crippen LogP contribution in [0.15, 0.2) is 16.5 Å². The Bertz CT molecular complexity index is 333. The summed E-state index contributed by atoms with van der Waals surface area (Å²) >= 11 is 0. The van der Waals surface area contributed by atoms with Gasteiger partial charge < -0.3 is 9.52 Å². The van der Waals surface area contributed by atoms with E-state index in [-0.39, 0.29) is 6.42 Å². The standard InChI is InChI=1S/C12H19NO3/c1-3-10-6-7-11(16-10)9-13(2)8-4-5-12(14)15/h6-7H,3-5,8-9H2,1-2H3,(H,14,15). The summed E-state index contributed by atoms with van der Waals surface area (Å²) in [4.78, 5) is 12.4. The van der Waals surface area contributed by atoms with E-state index in [4.69, 9.17) is 9.52 Å². The minimum Gasteiger partial charge on any atom is -0.481 e. The topological polar surface area (TPSA) is 53.7 Å². The summed E-state index contributed by atoms with van der Waals surface area (Å²) < 4.78 is 5.57. The second-order valence-corrected chi connectivity index (χ2v) is 3.96. The lowest BCUT2D eigenvalue weighted by atomic mass is 10.3. The first kappa shape index (κ1) is 12.8. The number of hydrogen-bond acceptors (Lipinski definition) is 3. The smallest absolute Gasteiger partial charge is 0.303 e. The van der Waals surface area contributed by atoms with E-state index < -0.39 is 5.97 Å². The van der Waals surface area contributed by atoms with Gasteiger partial charge in [-0.1, -0.05) is 6.92 Å². The van der Waals surface area contributed by atoms with Gasteiger partial charge >= 0.3 is 5.97 Å². The number of carbonyl (C=O) groups is 1. The van der Waals surface area contributed by atoms with Gasteiger partial charge in [-0.3, -0.25) is 9.69 Å². The van der Waals surface area contributed by atoms with E-state index in [9.17, 15) is 4.79 Å². The lowest BCUT2D eigenvalue weighted by molar-refractivity contribution is -0.137. The van der Waals surface area contributed by atoms with Crippen LogP contribution >= 0.6 is 0 Å². The molecule has 4 heteroatoms. The maximum atomic E-state index is 10.3. The highest BCUT2D eigenvalue weighted by molar-refractivity contribution is 5.66. The summed E-state index contributed by atoms with van der Waals surface area (Å²) in [5.41, 5.74) is 0. The number of carboxylic acids is 1. The molecule has 0 spiro atoms. The molecular weight excluding hydrogens is 206 g/mol. The first-order valence-corrected chi connectivity index (χ1v) is 5.59. The van der Waals surface area contributed by atoms with E-state index in [2.05, 4.69) is 11.8 Å². The van der Waals surface area contributed by atoms with Crippen molar-refractivity contribution in [1.82, 2.24) is 4.90 Å². The molecule has 4 nitrogen and oxygen atoms in total. The molecule has 1 heterocycles. The van der Waals surface area contributed by atoms with Crippen LogP contribution in [0.1, 0.15) is 31.3 Å². The first-order chi connectivity index (χ1) is 7.61. The molecule has 0 aliphatic heterocycles. The molecule has 0 atom stereocenters. The summed E-state index contributed by atoms with van der Waals surface area (Å²) in [6.45, 7) is 3.56. The number of furan rings is 1. The molecule has 1 rings (SSSR count). The minimum atomic E-state index is -0.736. The van der Waals surface area contributed by atoms with Crippen molar-refractivity contribution in [2.75, 3.05) is 13.6 Å². The average molecular weight is 225 g/mol. The fraction of sp³-hybridized carbons (Fsp3) is 0.583. The third-order valence-electron chi connectivity index (χ3n) is 2.42. The molecule has 0 aromatic carbocycles. The minimum absolute atomic E-state index is 0.225. The second-order valence-electron chi connectivity index (χ2n) is 3.96. The van der Waals surface area contributed by atoms with E-state index in [1.54, 1.807) is 0 Å². The summed E-state index contributed by atoms with van der Waals surface area (Å²) in [5, 5.41) is 8.51. The summed E-state index contributed by atoms with van der Waals surface area (Å²) in [6.07, 6.45) is 1.80. The molecule has 0 unspecified atom stereocenters. The van der Waals surface area contributed by atoms with E-state index in [1.807, 2.05) is 19.2 Å². The largest absolute Gasteiger partial charge is 0.481 e. The molecule has 0 bridgehead atoms. The Labute approximate surface area is 95.9 Å². The molecule has 0 aliphatic rings. The highest BCUT2D eigenvalue weighted by Gasteiger charge is 2.05. The van der Waals surface area contributed by atoms with Crippen LogP contribution in [-0.4, -0.2) is 29.6 Å². The van der Waals surface area contributed by atoms with Gasteiger partial charge in [-0.2, -0.15) is 0 Å². The van der Waals surface area contributed by atoms with Gasteiger partial charge in [0, 0.05) is 12.8 Å². The Balaban J connectivity index is 2.28. The molecule has 0 saturated heterocycles. The predicted octanol–water partition coefficient (Wildman–Crippen LogP) is 2.14. The second kappa shape index (κ2) is 6.33. The Hall–Kier alpha value is -1.29. The molecule has 0 amide bonds. The van der Waals surface area contributed by atoms with Crippen LogP contribution in [0.2, 0.25) is 0 Å².